The Morgan fingerprint density at radius 2 is 1.00 bits per heavy atom. The quantitative estimate of drug-likeness (QED) is 0.506. The average molecular weight is 266 g/mol. The van der Waals surface area contributed by atoms with Gasteiger partial charge < -0.3 is 10.4 Å². The Morgan fingerprint density at radius 1 is 0.650 bits per heavy atom. The number of nitrogens with zero attached hydrogens (tertiary/aromatic N) is 2. The van der Waals surface area contributed by atoms with Gasteiger partial charge in [0.05, 0.1) is 0 Å². The molecule has 4 nitrogen and oxygen atoms in total. The normalized spacial score (nSPS) is 12.8. The van der Waals surface area contributed by atoms with E-state index < -0.39 is 0 Å². The Hall–Kier alpha value is -2.88. The zero-order valence-corrected chi connectivity index (χ0v) is 10.7. The van der Waals surface area contributed by atoms with Gasteiger partial charge in [0.2, 0.25) is 0 Å². The molecular weight excluding hydrogens is 252 g/mol. The van der Waals surface area contributed by atoms with Crippen LogP contribution in [0.15, 0.2) is 83.1 Å². The van der Waals surface area contributed by atoms with Crippen LogP contribution < -0.4 is 0 Å². The van der Waals surface area contributed by atoms with Crippen LogP contribution in [0.3, 0.4) is 0 Å². The molecule has 100 valence electrons. The zero-order chi connectivity index (χ0) is 14.2. The molecule has 0 aliphatic rings. The molecule has 2 N–H and O–H groups in total. The van der Waals surface area contributed by atoms with E-state index in [0.29, 0.717) is 11.4 Å². The maximum Gasteiger partial charge on any atom is 0.109 e. The highest BCUT2D eigenvalue weighted by Crippen LogP contribution is 2.06. The summed E-state index contributed by atoms with van der Waals surface area (Å²) in [4.78, 5) is 0. The fourth-order valence-corrected chi connectivity index (χ4v) is 1.75. The SMILES string of the molecule is O/N=C(/C=C\C(=N\O)c1ccccc1)c1ccccc1. The van der Waals surface area contributed by atoms with Crippen molar-refractivity contribution in [2.45, 2.75) is 0 Å². The lowest BCUT2D eigenvalue weighted by Gasteiger charge is -2.00. The second-order valence-electron chi connectivity index (χ2n) is 4.04. The molecule has 0 atom stereocenters. The van der Waals surface area contributed by atoms with Gasteiger partial charge in [0.1, 0.15) is 11.4 Å². The summed E-state index contributed by atoms with van der Waals surface area (Å²) in [7, 11) is 0. The number of hydrogen-bond acceptors (Lipinski definition) is 4. The second kappa shape index (κ2) is 6.89. The maximum atomic E-state index is 9.07. The van der Waals surface area contributed by atoms with Gasteiger partial charge in [-0.2, -0.15) is 0 Å². The number of hydrogen-bond donors (Lipinski definition) is 2. The molecule has 0 spiro atoms. The Kier molecular flexibility index (Phi) is 4.67. The van der Waals surface area contributed by atoms with Crippen LogP contribution in [0.5, 0.6) is 0 Å². The Balaban J connectivity index is 2.23. The van der Waals surface area contributed by atoms with E-state index in [4.69, 9.17) is 10.4 Å². The molecular formula is C16H14N2O2. The molecule has 0 aliphatic heterocycles. The average Bonchev–Trinajstić information content (AvgIpc) is 2.53. The molecule has 0 aromatic heterocycles. The van der Waals surface area contributed by atoms with Crippen LogP contribution in [-0.2, 0) is 0 Å². The summed E-state index contributed by atoms with van der Waals surface area (Å²) in [5.41, 5.74) is 2.33. The van der Waals surface area contributed by atoms with Crippen molar-refractivity contribution in [1.29, 1.82) is 0 Å². The zero-order valence-electron chi connectivity index (χ0n) is 10.7. The smallest absolute Gasteiger partial charge is 0.109 e. The topological polar surface area (TPSA) is 65.2 Å². The fraction of sp³-hybridized carbons (Fsp3) is 0. The minimum atomic E-state index is 0.391. The summed E-state index contributed by atoms with van der Waals surface area (Å²) in [5, 5.41) is 24.6. The van der Waals surface area contributed by atoms with Crippen molar-refractivity contribution in [1.82, 2.24) is 0 Å². The lowest BCUT2D eigenvalue weighted by Crippen LogP contribution is -2.00. The standard InChI is InChI=1S/C16H14N2O2/c19-17-15(13-7-3-1-4-8-13)11-12-16(18-20)14-9-5-2-6-10-14/h1-12,19-20H/b12-11-,17-15-,18-16-. The van der Waals surface area contributed by atoms with Crippen LogP contribution in [0, 0.1) is 0 Å². The molecule has 0 fully saturated rings. The molecule has 20 heavy (non-hydrogen) atoms. The highest BCUT2D eigenvalue weighted by molar-refractivity contribution is 6.15. The van der Waals surface area contributed by atoms with E-state index in [1.807, 2.05) is 60.7 Å². The van der Waals surface area contributed by atoms with Gasteiger partial charge in [-0.1, -0.05) is 71.0 Å². The summed E-state index contributed by atoms with van der Waals surface area (Å²) >= 11 is 0. The molecule has 0 heterocycles. The molecule has 0 saturated carbocycles. The maximum absolute atomic E-state index is 9.07. The van der Waals surface area contributed by atoms with Gasteiger partial charge in [0.25, 0.3) is 0 Å². The van der Waals surface area contributed by atoms with Gasteiger partial charge in [-0.25, -0.2) is 0 Å². The van der Waals surface area contributed by atoms with Crippen LogP contribution in [-0.4, -0.2) is 21.8 Å². The predicted octanol–water partition coefficient (Wildman–Crippen LogP) is 3.30. The van der Waals surface area contributed by atoms with E-state index in [1.54, 1.807) is 12.2 Å². The highest BCUT2D eigenvalue weighted by Gasteiger charge is 2.02. The van der Waals surface area contributed by atoms with E-state index in [2.05, 4.69) is 10.3 Å². The Labute approximate surface area is 117 Å². The van der Waals surface area contributed by atoms with Gasteiger partial charge in [0, 0.05) is 11.1 Å². The van der Waals surface area contributed by atoms with Crippen molar-refractivity contribution in [3.05, 3.63) is 83.9 Å². The van der Waals surface area contributed by atoms with E-state index in [-0.39, 0.29) is 0 Å². The third-order valence-electron chi connectivity index (χ3n) is 2.75. The molecule has 2 aromatic carbocycles. The van der Waals surface area contributed by atoms with Gasteiger partial charge in [-0.15, -0.1) is 0 Å². The van der Waals surface area contributed by atoms with E-state index >= 15 is 0 Å². The first kappa shape index (κ1) is 13.5. The number of allylic oxidation sites excluding steroid dienone is 2. The largest absolute Gasteiger partial charge is 0.410 e. The van der Waals surface area contributed by atoms with E-state index in [0.717, 1.165) is 11.1 Å². The minimum Gasteiger partial charge on any atom is -0.410 e. The lowest BCUT2D eigenvalue weighted by molar-refractivity contribution is 0.319. The predicted molar refractivity (Wildman–Crippen MR) is 78.7 cm³/mol. The van der Waals surface area contributed by atoms with Crippen molar-refractivity contribution in [3.63, 3.8) is 0 Å². The van der Waals surface area contributed by atoms with Crippen molar-refractivity contribution in [3.8, 4) is 0 Å². The molecule has 0 aliphatic carbocycles. The first-order chi connectivity index (χ1) is 9.85. The van der Waals surface area contributed by atoms with E-state index in [9.17, 15) is 0 Å². The minimum absolute atomic E-state index is 0.391. The van der Waals surface area contributed by atoms with Gasteiger partial charge >= 0.3 is 0 Å². The monoisotopic (exact) mass is 266 g/mol. The molecule has 2 rings (SSSR count). The summed E-state index contributed by atoms with van der Waals surface area (Å²) in [6, 6.07) is 18.5. The van der Waals surface area contributed by atoms with Crippen LogP contribution in [0.1, 0.15) is 11.1 Å². The number of oxime groups is 2. The molecule has 2 aromatic rings. The van der Waals surface area contributed by atoms with Crippen molar-refractivity contribution in [2.24, 2.45) is 10.3 Å². The summed E-state index contributed by atoms with van der Waals surface area (Å²) in [6.45, 7) is 0. The van der Waals surface area contributed by atoms with E-state index in [1.165, 1.54) is 0 Å². The van der Waals surface area contributed by atoms with Crippen LogP contribution in [0.2, 0.25) is 0 Å². The number of rotatable bonds is 4. The molecule has 0 saturated heterocycles. The summed E-state index contributed by atoms with van der Waals surface area (Å²) < 4.78 is 0. The van der Waals surface area contributed by atoms with Crippen molar-refractivity contribution >= 4 is 11.4 Å². The lowest BCUT2D eigenvalue weighted by atomic mass is 10.1. The Morgan fingerprint density at radius 3 is 1.30 bits per heavy atom. The highest BCUT2D eigenvalue weighted by atomic mass is 16.4. The van der Waals surface area contributed by atoms with Gasteiger partial charge in [-0.05, 0) is 12.2 Å². The molecule has 4 heteroatoms. The van der Waals surface area contributed by atoms with Crippen LogP contribution >= 0.6 is 0 Å². The molecule has 0 amide bonds. The first-order valence-corrected chi connectivity index (χ1v) is 6.08. The number of benzene rings is 2. The third-order valence-corrected chi connectivity index (χ3v) is 2.75. The fourth-order valence-electron chi connectivity index (χ4n) is 1.75. The van der Waals surface area contributed by atoms with Crippen molar-refractivity contribution in [2.75, 3.05) is 0 Å². The van der Waals surface area contributed by atoms with Gasteiger partial charge in [0.15, 0.2) is 0 Å². The summed E-state index contributed by atoms with van der Waals surface area (Å²) in [5.74, 6) is 0. The van der Waals surface area contributed by atoms with Crippen LogP contribution in [0.25, 0.3) is 0 Å². The molecule has 0 bridgehead atoms. The van der Waals surface area contributed by atoms with Crippen LogP contribution in [0.4, 0.5) is 0 Å². The summed E-state index contributed by atoms with van der Waals surface area (Å²) in [6.07, 6.45) is 3.19. The molecule has 0 unspecified atom stereocenters. The van der Waals surface area contributed by atoms with Gasteiger partial charge in [-0.3, -0.25) is 0 Å². The first-order valence-electron chi connectivity index (χ1n) is 6.08. The Bertz CT molecular complexity index is 575. The second-order valence-corrected chi connectivity index (χ2v) is 4.04. The third kappa shape index (κ3) is 3.32. The van der Waals surface area contributed by atoms with Crippen molar-refractivity contribution < 1.29 is 10.4 Å². The molecule has 0 radical (unpaired) electrons.